The van der Waals surface area contributed by atoms with E-state index in [0.717, 1.165) is 5.56 Å². The summed E-state index contributed by atoms with van der Waals surface area (Å²) in [4.78, 5) is 17.0. The molecule has 1 heterocycles. The third-order valence-electron chi connectivity index (χ3n) is 4.56. The number of amides is 1. The third kappa shape index (κ3) is 3.78. The lowest BCUT2D eigenvalue weighted by molar-refractivity contribution is 0.102. The quantitative estimate of drug-likeness (QED) is 0.431. The largest absolute Gasteiger partial charge is 0.436 e. The molecule has 140 valence electrons. The van der Waals surface area contributed by atoms with Crippen LogP contribution in [0, 0.1) is 0 Å². The molecule has 0 saturated heterocycles. The van der Waals surface area contributed by atoms with E-state index in [-0.39, 0.29) is 5.91 Å². The normalized spacial score (nSPS) is 11.1. The molecule has 0 atom stereocenters. The predicted octanol–water partition coefficient (Wildman–Crippen LogP) is 6.52. The van der Waals surface area contributed by atoms with Crippen LogP contribution in [-0.4, -0.2) is 10.9 Å². The van der Waals surface area contributed by atoms with Gasteiger partial charge in [0, 0.05) is 21.8 Å². The summed E-state index contributed by atoms with van der Waals surface area (Å²) in [5, 5.41) is 3.39. The number of anilines is 1. The van der Waals surface area contributed by atoms with Gasteiger partial charge in [-0.1, -0.05) is 43.6 Å². The number of halogens is 1. The van der Waals surface area contributed by atoms with E-state index in [2.05, 4.69) is 36.3 Å². The molecule has 0 aliphatic rings. The molecule has 0 saturated carbocycles. The summed E-state index contributed by atoms with van der Waals surface area (Å²) >= 11 is 5.96. The topological polar surface area (TPSA) is 55.1 Å². The fourth-order valence-electron chi connectivity index (χ4n) is 2.97. The Morgan fingerprint density at radius 3 is 2.54 bits per heavy atom. The Labute approximate surface area is 168 Å². The molecule has 0 fully saturated rings. The average Bonchev–Trinajstić information content (AvgIpc) is 3.11. The zero-order chi connectivity index (χ0) is 19.7. The van der Waals surface area contributed by atoms with Gasteiger partial charge in [-0.25, -0.2) is 4.98 Å². The van der Waals surface area contributed by atoms with Gasteiger partial charge in [-0.05, 0) is 60.0 Å². The van der Waals surface area contributed by atoms with E-state index in [4.69, 9.17) is 16.0 Å². The van der Waals surface area contributed by atoms with Gasteiger partial charge >= 0.3 is 0 Å². The predicted molar refractivity (Wildman–Crippen MR) is 113 cm³/mol. The standard InChI is InChI=1S/C23H19ClN2O2/c1-14(2)15-6-8-16(9-7-15)23-26-20-13-19(10-11-21(20)28-23)25-22(27)17-4-3-5-18(24)12-17/h3-14H,1-2H3,(H,25,27). The number of carbonyl (C=O) groups is 1. The molecule has 0 aliphatic heterocycles. The van der Waals surface area contributed by atoms with Crippen molar-refractivity contribution in [1.82, 2.24) is 4.98 Å². The van der Waals surface area contributed by atoms with Crippen LogP contribution >= 0.6 is 11.6 Å². The number of carbonyl (C=O) groups excluding carboxylic acids is 1. The number of nitrogens with one attached hydrogen (secondary N) is 1. The number of hydrogen-bond donors (Lipinski definition) is 1. The van der Waals surface area contributed by atoms with Crippen molar-refractivity contribution in [2.45, 2.75) is 19.8 Å². The molecule has 28 heavy (non-hydrogen) atoms. The first-order valence-corrected chi connectivity index (χ1v) is 9.45. The summed E-state index contributed by atoms with van der Waals surface area (Å²) in [6, 6.07) is 20.4. The highest BCUT2D eigenvalue weighted by Crippen LogP contribution is 2.27. The SMILES string of the molecule is CC(C)c1ccc(-c2nc3cc(NC(=O)c4cccc(Cl)c4)ccc3o2)cc1. The van der Waals surface area contributed by atoms with Crippen LogP contribution in [0.3, 0.4) is 0 Å². The molecule has 0 unspecified atom stereocenters. The lowest BCUT2D eigenvalue weighted by Crippen LogP contribution is -2.11. The first-order chi connectivity index (χ1) is 13.5. The van der Waals surface area contributed by atoms with Crippen LogP contribution < -0.4 is 5.32 Å². The summed E-state index contributed by atoms with van der Waals surface area (Å²) in [6.45, 7) is 4.32. The van der Waals surface area contributed by atoms with Gasteiger partial charge in [0.1, 0.15) is 5.52 Å². The molecule has 1 N–H and O–H groups in total. The summed E-state index contributed by atoms with van der Waals surface area (Å²) in [6.07, 6.45) is 0. The molecule has 0 spiro atoms. The minimum atomic E-state index is -0.227. The Hall–Kier alpha value is -3.11. The van der Waals surface area contributed by atoms with Gasteiger partial charge in [-0.2, -0.15) is 0 Å². The number of hydrogen-bond acceptors (Lipinski definition) is 3. The van der Waals surface area contributed by atoms with Crippen LogP contribution in [0.5, 0.6) is 0 Å². The Kier molecular flexibility index (Phi) is 4.88. The minimum Gasteiger partial charge on any atom is -0.436 e. The lowest BCUT2D eigenvalue weighted by atomic mass is 10.0. The Morgan fingerprint density at radius 2 is 1.82 bits per heavy atom. The van der Waals surface area contributed by atoms with Gasteiger partial charge in [0.05, 0.1) is 0 Å². The van der Waals surface area contributed by atoms with Gasteiger partial charge in [0.25, 0.3) is 5.91 Å². The van der Waals surface area contributed by atoms with Gasteiger partial charge in [0.2, 0.25) is 5.89 Å². The van der Waals surface area contributed by atoms with Crippen molar-refractivity contribution < 1.29 is 9.21 Å². The molecular formula is C23H19ClN2O2. The first-order valence-electron chi connectivity index (χ1n) is 9.07. The molecule has 4 rings (SSSR count). The second-order valence-corrected chi connectivity index (χ2v) is 7.38. The van der Waals surface area contributed by atoms with Crippen molar-refractivity contribution in [2.75, 3.05) is 5.32 Å². The van der Waals surface area contributed by atoms with Crippen LogP contribution in [-0.2, 0) is 0 Å². The van der Waals surface area contributed by atoms with Crippen molar-refractivity contribution in [2.24, 2.45) is 0 Å². The van der Waals surface area contributed by atoms with Crippen molar-refractivity contribution in [3.8, 4) is 11.5 Å². The van der Waals surface area contributed by atoms with Crippen molar-refractivity contribution in [3.05, 3.63) is 82.9 Å². The summed E-state index contributed by atoms with van der Waals surface area (Å²) in [7, 11) is 0. The number of rotatable bonds is 4. The summed E-state index contributed by atoms with van der Waals surface area (Å²) in [5.74, 6) is 0.807. The van der Waals surface area contributed by atoms with E-state index < -0.39 is 0 Å². The first kappa shape index (κ1) is 18.3. The van der Waals surface area contributed by atoms with E-state index in [9.17, 15) is 4.79 Å². The maximum Gasteiger partial charge on any atom is 0.255 e. The number of aromatic nitrogens is 1. The highest BCUT2D eigenvalue weighted by atomic mass is 35.5. The number of benzene rings is 3. The van der Waals surface area contributed by atoms with Gasteiger partial charge < -0.3 is 9.73 Å². The van der Waals surface area contributed by atoms with E-state index >= 15 is 0 Å². The van der Waals surface area contributed by atoms with E-state index in [1.165, 1.54) is 5.56 Å². The van der Waals surface area contributed by atoms with Crippen LogP contribution in [0.4, 0.5) is 5.69 Å². The number of oxazole rings is 1. The van der Waals surface area contributed by atoms with Crippen LogP contribution in [0.15, 0.2) is 71.1 Å². The van der Waals surface area contributed by atoms with E-state index in [0.29, 0.717) is 39.2 Å². The van der Waals surface area contributed by atoms with E-state index in [1.54, 1.807) is 36.4 Å². The molecule has 1 amide bonds. The maximum atomic E-state index is 12.4. The molecule has 5 heteroatoms. The maximum absolute atomic E-state index is 12.4. The molecule has 1 aromatic heterocycles. The highest BCUT2D eigenvalue weighted by Gasteiger charge is 2.11. The Morgan fingerprint density at radius 1 is 1.04 bits per heavy atom. The third-order valence-corrected chi connectivity index (χ3v) is 4.79. The number of nitrogens with zero attached hydrogens (tertiary/aromatic N) is 1. The molecule has 0 aliphatic carbocycles. The zero-order valence-electron chi connectivity index (χ0n) is 15.6. The molecule has 4 aromatic rings. The molecule has 4 nitrogen and oxygen atoms in total. The average molecular weight is 391 g/mol. The van der Waals surface area contributed by atoms with Crippen molar-refractivity contribution in [1.29, 1.82) is 0 Å². The molecule has 0 bridgehead atoms. The Balaban J connectivity index is 1.58. The second-order valence-electron chi connectivity index (χ2n) is 6.94. The van der Waals surface area contributed by atoms with Crippen LogP contribution in [0.25, 0.3) is 22.6 Å². The van der Waals surface area contributed by atoms with Crippen molar-refractivity contribution in [3.63, 3.8) is 0 Å². The van der Waals surface area contributed by atoms with Gasteiger partial charge in [-0.3, -0.25) is 4.79 Å². The fraction of sp³-hybridized carbons (Fsp3) is 0.130. The Bertz CT molecular complexity index is 1150. The van der Waals surface area contributed by atoms with Gasteiger partial charge in [0.15, 0.2) is 5.58 Å². The fourth-order valence-corrected chi connectivity index (χ4v) is 3.16. The monoisotopic (exact) mass is 390 g/mol. The second kappa shape index (κ2) is 7.49. The van der Waals surface area contributed by atoms with Gasteiger partial charge in [-0.15, -0.1) is 0 Å². The van der Waals surface area contributed by atoms with Crippen LogP contribution in [0.2, 0.25) is 5.02 Å². The van der Waals surface area contributed by atoms with Crippen LogP contribution in [0.1, 0.15) is 35.7 Å². The smallest absolute Gasteiger partial charge is 0.255 e. The summed E-state index contributed by atoms with van der Waals surface area (Å²) in [5.41, 5.74) is 4.69. The number of fused-ring (bicyclic) bond motifs is 1. The highest BCUT2D eigenvalue weighted by molar-refractivity contribution is 6.31. The van der Waals surface area contributed by atoms with E-state index in [1.807, 2.05) is 18.2 Å². The van der Waals surface area contributed by atoms with Crippen molar-refractivity contribution >= 4 is 34.3 Å². The summed E-state index contributed by atoms with van der Waals surface area (Å²) < 4.78 is 5.87. The minimum absolute atomic E-state index is 0.227. The molecular weight excluding hydrogens is 372 g/mol. The zero-order valence-corrected chi connectivity index (χ0v) is 16.3. The lowest BCUT2D eigenvalue weighted by Gasteiger charge is -2.05. The molecule has 3 aromatic carbocycles. The molecule has 0 radical (unpaired) electrons.